The standard InChI is InChI=1S/C13H10N4O/c14-6-11(13(15)18)5-9-1-3-10(4-2-9)12-7-16-17-8-12/h1-5,7-8H,(H2,15,18)(H,16,17)/b11-5+. The molecule has 0 aliphatic carbocycles. The van der Waals surface area contributed by atoms with Gasteiger partial charge in [-0.1, -0.05) is 24.3 Å². The van der Waals surface area contributed by atoms with Gasteiger partial charge in [0, 0.05) is 11.8 Å². The van der Waals surface area contributed by atoms with Gasteiger partial charge in [0.05, 0.1) is 6.20 Å². The molecule has 0 fully saturated rings. The highest BCUT2D eigenvalue weighted by Gasteiger charge is 2.03. The van der Waals surface area contributed by atoms with E-state index in [4.69, 9.17) is 11.0 Å². The minimum atomic E-state index is -0.726. The Labute approximate surface area is 104 Å². The van der Waals surface area contributed by atoms with Gasteiger partial charge in [-0.05, 0) is 17.2 Å². The molecule has 2 aromatic rings. The van der Waals surface area contributed by atoms with Crippen LogP contribution in [0.2, 0.25) is 0 Å². The fourth-order valence-electron chi connectivity index (χ4n) is 1.51. The van der Waals surface area contributed by atoms with Crippen molar-refractivity contribution < 1.29 is 4.79 Å². The Hall–Kier alpha value is -2.87. The molecule has 0 aliphatic heterocycles. The van der Waals surface area contributed by atoms with Crippen LogP contribution in [0.3, 0.4) is 0 Å². The molecular weight excluding hydrogens is 228 g/mol. The number of aromatic nitrogens is 2. The number of nitrogens with two attached hydrogens (primary N) is 1. The summed E-state index contributed by atoms with van der Waals surface area (Å²) >= 11 is 0. The normalized spacial score (nSPS) is 10.9. The van der Waals surface area contributed by atoms with E-state index in [0.29, 0.717) is 0 Å². The number of hydrogen-bond donors (Lipinski definition) is 2. The van der Waals surface area contributed by atoms with Gasteiger partial charge in [-0.2, -0.15) is 10.4 Å². The maximum absolute atomic E-state index is 10.9. The van der Waals surface area contributed by atoms with Crippen molar-refractivity contribution in [3.05, 3.63) is 47.8 Å². The number of carbonyl (C=O) groups is 1. The van der Waals surface area contributed by atoms with Crippen LogP contribution in [0.25, 0.3) is 17.2 Å². The summed E-state index contributed by atoms with van der Waals surface area (Å²) in [5, 5.41) is 15.3. The van der Waals surface area contributed by atoms with E-state index in [1.807, 2.05) is 24.3 Å². The van der Waals surface area contributed by atoms with Gasteiger partial charge in [-0.3, -0.25) is 9.89 Å². The van der Waals surface area contributed by atoms with Gasteiger partial charge in [0.2, 0.25) is 0 Å². The molecule has 88 valence electrons. The van der Waals surface area contributed by atoms with Crippen molar-refractivity contribution in [3.63, 3.8) is 0 Å². The van der Waals surface area contributed by atoms with E-state index in [2.05, 4.69) is 10.2 Å². The fraction of sp³-hybridized carbons (Fsp3) is 0. The molecule has 1 aromatic heterocycles. The Kier molecular flexibility index (Phi) is 3.21. The molecule has 0 bridgehead atoms. The topological polar surface area (TPSA) is 95.6 Å². The first-order chi connectivity index (χ1) is 8.70. The number of nitriles is 1. The van der Waals surface area contributed by atoms with Crippen molar-refractivity contribution in [1.29, 1.82) is 5.26 Å². The maximum Gasteiger partial charge on any atom is 0.259 e. The number of nitrogens with one attached hydrogen (secondary N) is 1. The van der Waals surface area contributed by atoms with E-state index in [9.17, 15) is 4.79 Å². The molecule has 0 aliphatic rings. The van der Waals surface area contributed by atoms with E-state index in [1.54, 1.807) is 18.5 Å². The summed E-state index contributed by atoms with van der Waals surface area (Å²) in [5.41, 5.74) is 7.72. The number of carbonyl (C=O) groups excluding carboxylic acids is 1. The monoisotopic (exact) mass is 238 g/mol. The van der Waals surface area contributed by atoms with Crippen LogP contribution in [0.1, 0.15) is 5.56 Å². The first-order valence-electron chi connectivity index (χ1n) is 5.21. The van der Waals surface area contributed by atoms with Crippen molar-refractivity contribution in [2.24, 2.45) is 5.73 Å². The first-order valence-corrected chi connectivity index (χ1v) is 5.21. The average Bonchev–Trinajstić information content (AvgIpc) is 2.90. The summed E-state index contributed by atoms with van der Waals surface area (Å²) < 4.78 is 0. The molecule has 5 nitrogen and oxygen atoms in total. The zero-order valence-electron chi connectivity index (χ0n) is 9.42. The number of rotatable bonds is 3. The second kappa shape index (κ2) is 4.97. The third-order valence-corrected chi connectivity index (χ3v) is 2.44. The third-order valence-electron chi connectivity index (χ3n) is 2.44. The summed E-state index contributed by atoms with van der Waals surface area (Å²) in [6.07, 6.45) is 4.96. The molecular formula is C13H10N4O. The highest BCUT2D eigenvalue weighted by atomic mass is 16.1. The van der Waals surface area contributed by atoms with E-state index in [-0.39, 0.29) is 5.57 Å². The minimum absolute atomic E-state index is 0.0638. The van der Waals surface area contributed by atoms with Crippen LogP contribution in [0.5, 0.6) is 0 Å². The lowest BCUT2D eigenvalue weighted by atomic mass is 10.1. The molecule has 0 saturated heterocycles. The molecule has 3 N–H and O–H groups in total. The molecule has 0 spiro atoms. The Morgan fingerprint density at radius 3 is 2.56 bits per heavy atom. The zero-order chi connectivity index (χ0) is 13.0. The van der Waals surface area contributed by atoms with Gasteiger partial charge in [0.15, 0.2) is 0 Å². The molecule has 1 aromatic carbocycles. The predicted octanol–water partition coefficient (Wildman–Crippen LogP) is 1.47. The number of primary amides is 1. The molecule has 2 rings (SSSR count). The summed E-state index contributed by atoms with van der Waals surface area (Å²) in [6.45, 7) is 0. The second-order valence-corrected chi connectivity index (χ2v) is 3.64. The lowest BCUT2D eigenvalue weighted by molar-refractivity contribution is -0.114. The maximum atomic E-state index is 10.9. The number of benzene rings is 1. The Morgan fingerprint density at radius 1 is 1.33 bits per heavy atom. The van der Waals surface area contributed by atoms with Gasteiger partial charge >= 0.3 is 0 Å². The Balaban J connectivity index is 2.29. The first kappa shape index (κ1) is 11.6. The largest absolute Gasteiger partial charge is 0.365 e. The van der Waals surface area contributed by atoms with Crippen LogP contribution in [0.4, 0.5) is 0 Å². The number of H-pyrrole nitrogens is 1. The number of aromatic amines is 1. The van der Waals surface area contributed by atoms with Crippen LogP contribution in [-0.4, -0.2) is 16.1 Å². The van der Waals surface area contributed by atoms with Gasteiger partial charge in [-0.15, -0.1) is 0 Å². The van der Waals surface area contributed by atoms with E-state index in [0.717, 1.165) is 16.7 Å². The quantitative estimate of drug-likeness (QED) is 0.626. The molecule has 5 heteroatoms. The van der Waals surface area contributed by atoms with Gasteiger partial charge < -0.3 is 5.73 Å². The van der Waals surface area contributed by atoms with Crippen molar-refractivity contribution in [3.8, 4) is 17.2 Å². The van der Waals surface area contributed by atoms with Gasteiger partial charge in [0.1, 0.15) is 11.6 Å². The number of amides is 1. The number of hydrogen-bond acceptors (Lipinski definition) is 3. The zero-order valence-corrected chi connectivity index (χ0v) is 9.42. The van der Waals surface area contributed by atoms with Crippen molar-refractivity contribution in [2.45, 2.75) is 0 Å². The smallest absolute Gasteiger partial charge is 0.259 e. The number of nitrogens with zero attached hydrogens (tertiary/aromatic N) is 2. The lowest BCUT2D eigenvalue weighted by Crippen LogP contribution is -2.12. The second-order valence-electron chi connectivity index (χ2n) is 3.64. The van der Waals surface area contributed by atoms with Crippen LogP contribution in [0, 0.1) is 11.3 Å². The van der Waals surface area contributed by atoms with Crippen molar-refractivity contribution >= 4 is 12.0 Å². The van der Waals surface area contributed by atoms with Crippen LogP contribution in [-0.2, 0) is 4.79 Å². The predicted molar refractivity (Wildman–Crippen MR) is 66.8 cm³/mol. The summed E-state index contributed by atoms with van der Waals surface area (Å²) in [4.78, 5) is 10.9. The SMILES string of the molecule is N#C/C(=C\c1ccc(-c2cn[nH]c2)cc1)C(N)=O. The molecule has 1 heterocycles. The van der Waals surface area contributed by atoms with E-state index >= 15 is 0 Å². The van der Waals surface area contributed by atoms with E-state index < -0.39 is 5.91 Å². The molecule has 0 atom stereocenters. The summed E-state index contributed by atoms with van der Waals surface area (Å²) in [5.74, 6) is -0.726. The molecule has 0 radical (unpaired) electrons. The molecule has 0 unspecified atom stereocenters. The Bertz CT molecular complexity index is 618. The Morgan fingerprint density at radius 2 is 2.06 bits per heavy atom. The minimum Gasteiger partial charge on any atom is -0.365 e. The van der Waals surface area contributed by atoms with E-state index in [1.165, 1.54) is 6.08 Å². The molecule has 18 heavy (non-hydrogen) atoms. The van der Waals surface area contributed by atoms with Crippen molar-refractivity contribution in [2.75, 3.05) is 0 Å². The summed E-state index contributed by atoms with van der Waals surface area (Å²) in [6, 6.07) is 9.14. The molecule has 1 amide bonds. The third kappa shape index (κ3) is 2.44. The lowest BCUT2D eigenvalue weighted by Gasteiger charge is -1.98. The van der Waals surface area contributed by atoms with Crippen LogP contribution < -0.4 is 5.73 Å². The van der Waals surface area contributed by atoms with Crippen LogP contribution >= 0.6 is 0 Å². The highest BCUT2D eigenvalue weighted by Crippen LogP contribution is 2.18. The summed E-state index contributed by atoms with van der Waals surface area (Å²) in [7, 11) is 0. The van der Waals surface area contributed by atoms with Crippen LogP contribution in [0.15, 0.2) is 42.2 Å². The van der Waals surface area contributed by atoms with Crippen molar-refractivity contribution in [1.82, 2.24) is 10.2 Å². The van der Waals surface area contributed by atoms with Gasteiger partial charge in [-0.25, -0.2) is 0 Å². The molecule has 0 saturated carbocycles. The average molecular weight is 238 g/mol. The van der Waals surface area contributed by atoms with Gasteiger partial charge in [0.25, 0.3) is 5.91 Å². The fourth-order valence-corrected chi connectivity index (χ4v) is 1.51. The highest BCUT2D eigenvalue weighted by molar-refractivity contribution is 6.00.